The number of amides is 1. The number of carbonyl (C=O) groups excluding carboxylic acids is 2. The van der Waals surface area contributed by atoms with Gasteiger partial charge >= 0.3 is 0 Å². The second-order valence-electron chi connectivity index (χ2n) is 6.73. The van der Waals surface area contributed by atoms with Crippen LogP contribution in [0.3, 0.4) is 0 Å². The van der Waals surface area contributed by atoms with Crippen molar-refractivity contribution in [2.75, 3.05) is 7.05 Å². The minimum atomic E-state index is -0.348. The summed E-state index contributed by atoms with van der Waals surface area (Å²) in [4.78, 5) is 36.5. The molecule has 7 nitrogen and oxygen atoms in total. The number of hydrogen-bond donors (Lipinski definition) is 1. The van der Waals surface area contributed by atoms with Crippen molar-refractivity contribution in [1.82, 2.24) is 19.7 Å². The molecule has 0 bridgehead atoms. The van der Waals surface area contributed by atoms with Crippen LogP contribution in [-0.2, 0) is 24.8 Å². The minimum Gasteiger partial charge on any atom is -0.358 e. The topological polar surface area (TPSA) is 86.0 Å². The average Bonchev–Trinajstić information content (AvgIpc) is 2.97. The van der Waals surface area contributed by atoms with Gasteiger partial charge in [-0.3, -0.25) is 14.4 Å². The van der Waals surface area contributed by atoms with Gasteiger partial charge in [0.05, 0.1) is 11.4 Å². The zero-order chi connectivity index (χ0) is 21.1. The van der Waals surface area contributed by atoms with Crippen molar-refractivity contribution >= 4 is 23.3 Å². The first-order chi connectivity index (χ1) is 13.8. The van der Waals surface area contributed by atoms with Crippen LogP contribution in [0.4, 0.5) is 0 Å². The molecule has 3 aromatic rings. The standard InChI is InChI=1S/C21H21ClN4O3/c1-13-10-17(11-16-8-9-19(28)26(24-16)12-18(27)23-2)25(3)20(13)21(29)14-4-6-15(22)7-5-14/h4-10H,11-12H2,1-3H3,(H,23,27). The highest BCUT2D eigenvalue weighted by molar-refractivity contribution is 6.30. The largest absolute Gasteiger partial charge is 0.358 e. The molecule has 0 radical (unpaired) electrons. The maximum Gasteiger partial charge on any atom is 0.267 e. The van der Waals surface area contributed by atoms with E-state index >= 15 is 0 Å². The summed E-state index contributed by atoms with van der Waals surface area (Å²) in [6, 6.07) is 11.7. The molecule has 0 saturated carbocycles. The Bertz CT molecular complexity index is 1130. The molecule has 0 atom stereocenters. The van der Waals surface area contributed by atoms with Gasteiger partial charge in [-0.25, -0.2) is 4.68 Å². The molecule has 0 aliphatic rings. The van der Waals surface area contributed by atoms with Gasteiger partial charge in [-0.15, -0.1) is 0 Å². The number of likely N-dealkylation sites (N-methyl/N-ethyl adjacent to an activating group) is 1. The molecule has 2 heterocycles. The minimum absolute atomic E-state index is 0.0922. The molecule has 0 aliphatic carbocycles. The number of benzene rings is 1. The predicted molar refractivity (Wildman–Crippen MR) is 110 cm³/mol. The summed E-state index contributed by atoms with van der Waals surface area (Å²) < 4.78 is 2.96. The molecule has 29 heavy (non-hydrogen) atoms. The molecule has 0 saturated heterocycles. The van der Waals surface area contributed by atoms with E-state index in [4.69, 9.17) is 11.6 Å². The van der Waals surface area contributed by atoms with Crippen LogP contribution in [0, 0.1) is 6.92 Å². The Balaban J connectivity index is 1.90. The van der Waals surface area contributed by atoms with Crippen LogP contribution in [0.5, 0.6) is 0 Å². The number of ketones is 1. The molecular formula is C21H21ClN4O3. The Morgan fingerprint density at radius 1 is 1.14 bits per heavy atom. The van der Waals surface area contributed by atoms with Gasteiger partial charge < -0.3 is 9.88 Å². The molecule has 0 fully saturated rings. The van der Waals surface area contributed by atoms with Crippen molar-refractivity contribution in [3.8, 4) is 0 Å². The highest BCUT2D eigenvalue weighted by atomic mass is 35.5. The quantitative estimate of drug-likeness (QED) is 0.628. The maximum atomic E-state index is 12.9. The smallest absolute Gasteiger partial charge is 0.267 e. The van der Waals surface area contributed by atoms with Gasteiger partial charge in [-0.2, -0.15) is 5.10 Å². The Morgan fingerprint density at radius 2 is 1.83 bits per heavy atom. The van der Waals surface area contributed by atoms with Crippen LogP contribution in [0.2, 0.25) is 5.02 Å². The molecular weight excluding hydrogens is 392 g/mol. The lowest BCUT2D eigenvalue weighted by atomic mass is 10.1. The number of rotatable bonds is 6. The lowest BCUT2D eigenvalue weighted by Gasteiger charge is -2.09. The number of aromatic nitrogens is 3. The molecule has 1 amide bonds. The molecule has 1 N–H and O–H groups in total. The SMILES string of the molecule is CNC(=O)Cn1nc(Cc2cc(C)c(C(=O)c3ccc(Cl)cc3)n2C)ccc1=O. The Kier molecular flexibility index (Phi) is 5.98. The van der Waals surface area contributed by atoms with Crippen LogP contribution in [0.1, 0.15) is 33.0 Å². The zero-order valence-electron chi connectivity index (χ0n) is 16.4. The first kappa shape index (κ1) is 20.5. The van der Waals surface area contributed by atoms with E-state index in [0.29, 0.717) is 28.4 Å². The third kappa shape index (κ3) is 4.46. The lowest BCUT2D eigenvalue weighted by Crippen LogP contribution is -2.32. The Hall–Kier alpha value is -3.19. The van der Waals surface area contributed by atoms with Gasteiger partial charge in [0.1, 0.15) is 6.54 Å². The van der Waals surface area contributed by atoms with E-state index in [-0.39, 0.29) is 23.8 Å². The van der Waals surface area contributed by atoms with Crippen molar-refractivity contribution in [3.63, 3.8) is 0 Å². The van der Waals surface area contributed by atoms with Crippen molar-refractivity contribution in [1.29, 1.82) is 0 Å². The molecule has 0 aliphatic heterocycles. The molecule has 0 spiro atoms. The van der Waals surface area contributed by atoms with Crippen LogP contribution in [0.15, 0.2) is 47.3 Å². The normalized spacial score (nSPS) is 10.8. The molecule has 2 aromatic heterocycles. The van der Waals surface area contributed by atoms with E-state index < -0.39 is 0 Å². The van der Waals surface area contributed by atoms with E-state index in [9.17, 15) is 14.4 Å². The summed E-state index contributed by atoms with van der Waals surface area (Å²) in [5, 5.41) is 7.32. The first-order valence-corrected chi connectivity index (χ1v) is 9.41. The second-order valence-corrected chi connectivity index (χ2v) is 7.17. The fourth-order valence-corrected chi connectivity index (χ4v) is 3.29. The molecule has 1 aromatic carbocycles. The number of halogens is 1. The third-order valence-corrected chi connectivity index (χ3v) is 4.95. The fraction of sp³-hybridized carbons (Fsp3) is 0.238. The van der Waals surface area contributed by atoms with Crippen LogP contribution >= 0.6 is 11.6 Å². The van der Waals surface area contributed by atoms with E-state index in [0.717, 1.165) is 15.9 Å². The summed E-state index contributed by atoms with van der Waals surface area (Å²) in [5.74, 6) is -0.396. The summed E-state index contributed by atoms with van der Waals surface area (Å²) in [5.41, 5.74) is 3.14. The monoisotopic (exact) mass is 412 g/mol. The molecule has 3 rings (SSSR count). The summed E-state index contributed by atoms with van der Waals surface area (Å²) in [7, 11) is 3.33. The lowest BCUT2D eigenvalue weighted by molar-refractivity contribution is -0.121. The van der Waals surface area contributed by atoms with Gasteiger partial charge in [-0.1, -0.05) is 11.6 Å². The zero-order valence-corrected chi connectivity index (χ0v) is 17.2. The molecule has 0 unspecified atom stereocenters. The summed E-state index contributed by atoms with van der Waals surface area (Å²) >= 11 is 5.91. The van der Waals surface area contributed by atoms with Crippen LogP contribution < -0.4 is 10.9 Å². The van der Waals surface area contributed by atoms with Gasteiger partial charge in [0.15, 0.2) is 0 Å². The first-order valence-electron chi connectivity index (χ1n) is 9.03. The average molecular weight is 413 g/mol. The third-order valence-electron chi connectivity index (χ3n) is 4.70. The van der Waals surface area contributed by atoms with Crippen molar-refractivity contribution < 1.29 is 9.59 Å². The summed E-state index contributed by atoms with van der Waals surface area (Å²) in [6.07, 6.45) is 0.416. The van der Waals surface area contributed by atoms with E-state index in [1.807, 2.05) is 24.6 Å². The van der Waals surface area contributed by atoms with E-state index in [2.05, 4.69) is 10.4 Å². The van der Waals surface area contributed by atoms with Crippen molar-refractivity contribution in [2.24, 2.45) is 7.05 Å². The molecule has 8 heteroatoms. The summed E-state index contributed by atoms with van der Waals surface area (Å²) in [6.45, 7) is 1.74. The second kappa shape index (κ2) is 8.45. The Labute approximate surface area is 172 Å². The van der Waals surface area contributed by atoms with Crippen molar-refractivity contribution in [2.45, 2.75) is 19.9 Å². The predicted octanol–water partition coefficient (Wildman–Crippen LogP) is 2.11. The molecule has 150 valence electrons. The van der Waals surface area contributed by atoms with Gasteiger partial charge in [0.2, 0.25) is 11.7 Å². The van der Waals surface area contributed by atoms with Crippen LogP contribution in [0.25, 0.3) is 0 Å². The number of hydrogen-bond acceptors (Lipinski definition) is 4. The number of nitrogens with zero attached hydrogens (tertiary/aromatic N) is 3. The number of aryl methyl sites for hydroxylation is 1. The number of carbonyl (C=O) groups is 2. The number of nitrogens with one attached hydrogen (secondary N) is 1. The van der Waals surface area contributed by atoms with Gasteiger partial charge in [-0.05, 0) is 48.9 Å². The highest BCUT2D eigenvalue weighted by Crippen LogP contribution is 2.21. The highest BCUT2D eigenvalue weighted by Gasteiger charge is 2.19. The van der Waals surface area contributed by atoms with Crippen LogP contribution in [-0.4, -0.2) is 33.1 Å². The van der Waals surface area contributed by atoms with Crippen molar-refractivity contribution in [3.05, 3.63) is 86.0 Å². The van der Waals surface area contributed by atoms with Gasteiger partial charge in [0.25, 0.3) is 5.56 Å². The van der Waals surface area contributed by atoms with E-state index in [1.165, 1.54) is 13.1 Å². The van der Waals surface area contributed by atoms with E-state index in [1.54, 1.807) is 30.3 Å². The fourth-order valence-electron chi connectivity index (χ4n) is 3.16. The Morgan fingerprint density at radius 3 is 2.48 bits per heavy atom. The maximum absolute atomic E-state index is 12.9. The van der Waals surface area contributed by atoms with Gasteiger partial charge in [0, 0.05) is 42.9 Å².